The highest BCUT2D eigenvalue weighted by molar-refractivity contribution is 5.48. The summed E-state index contributed by atoms with van der Waals surface area (Å²) in [5, 5.41) is 3.09. The number of rotatable bonds is 6. The minimum atomic E-state index is -0.139. The van der Waals surface area contributed by atoms with Gasteiger partial charge in [0.15, 0.2) is 5.82 Å². The van der Waals surface area contributed by atoms with E-state index in [2.05, 4.69) is 57.0 Å². The minimum absolute atomic E-state index is 0.139. The summed E-state index contributed by atoms with van der Waals surface area (Å²) in [6, 6.07) is 3.90. The Morgan fingerprint density at radius 1 is 1.16 bits per heavy atom. The molecule has 31 heavy (non-hydrogen) atoms. The van der Waals surface area contributed by atoms with E-state index in [0.29, 0.717) is 18.4 Å². The number of morpholine rings is 1. The van der Waals surface area contributed by atoms with Crippen molar-refractivity contribution in [2.45, 2.75) is 33.4 Å². The highest BCUT2D eigenvalue weighted by Gasteiger charge is 2.25. The molecule has 0 bridgehead atoms. The lowest BCUT2D eigenvalue weighted by atomic mass is 9.96. The fourth-order valence-electron chi connectivity index (χ4n) is 3.88. The van der Waals surface area contributed by atoms with E-state index in [4.69, 9.17) is 9.47 Å². The minimum Gasteiger partial charge on any atom is -0.496 e. The smallest absolute Gasteiger partial charge is 0.228 e. The quantitative estimate of drug-likeness (QED) is 0.648. The molecule has 2 aromatic heterocycles. The molecule has 1 fully saturated rings. The van der Waals surface area contributed by atoms with Gasteiger partial charge in [0, 0.05) is 32.0 Å². The van der Waals surface area contributed by atoms with Gasteiger partial charge in [0.1, 0.15) is 11.9 Å². The number of methoxy groups -OCH3 is 1. The van der Waals surface area contributed by atoms with Crippen molar-refractivity contribution >= 4 is 11.8 Å². The van der Waals surface area contributed by atoms with Gasteiger partial charge in [-0.3, -0.25) is 9.88 Å². The highest BCUT2D eigenvalue weighted by atomic mass is 16.5. The number of hydrogen-bond donors (Lipinski definition) is 1. The van der Waals surface area contributed by atoms with Crippen LogP contribution in [-0.2, 0) is 11.3 Å². The Morgan fingerprint density at radius 2 is 1.97 bits per heavy atom. The van der Waals surface area contributed by atoms with Gasteiger partial charge in [0.25, 0.3) is 0 Å². The van der Waals surface area contributed by atoms with E-state index in [0.717, 1.165) is 31.1 Å². The second kappa shape index (κ2) is 9.36. The molecule has 0 spiro atoms. The Bertz CT molecular complexity index is 1040. The molecule has 0 unspecified atom stereocenters. The summed E-state index contributed by atoms with van der Waals surface area (Å²) in [5.74, 6) is 2.03. The molecular weight excluding hydrogens is 392 g/mol. The van der Waals surface area contributed by atoms with Crippen LogP contribution < -0.4 is 10.1 Å². The Kier molecular flexibility index (Phi) is 6.39. The van der Waals surface area contributed by atoms with Gasteiger partial charge in [-0.05, 0) is 55.2 Å². The second-order valence-electron chi connectivity index (χ2n) is 7.75. The van der Waals surface area contributed by atoms with Gasteiger partial charge in [0.2, 0.25) is 5.95 Å². The van der Waals surface area contributed by atoms with Crippen LogP contribution in [0, 0.1) is 20.8 Å². The Labute approximate surface area is 182 Å². The zero-order valence-corrected chi connectivity index (χ0v) is 18.4. The molecule has 1 saturated heterocycles. The zero-order valence-electron chi connectivity index (χ0n) is 18.4. The molecule has 1 aliphatic rings. The number of hydrogen-bond acceptors (Lipinski definition) is 8. The molecule has 1 aliphatic heterocycles. The van der Waals surface area contributed by atoms with E-state index in [1.807, 2.05) is 0 Å². The molecule has 0 amide bonds. The molecule has 4 rings (SSSR count). The number of aromatic nitrogens is 4. The van der Waals surface area contributed by atoms with E-state index < -0.39 is 0 Å². The molecule has 8 heteroatoms. The van der Waals surface area contributed by atoms with Crippen molar-refractivity contribution in [1.82, 2.24) is 24.8 Å². The van der Waals surface area contributed by atoms with Gasteiger partial charge in [0.05, 0.1) is 31.8 Å². The first-order valence-corrected chi connectivity index (χ1v) is 10.4. The topological polar surface area (TPSA) is 85.3 Å². The summed E-state index contributed by atoms with van der Waals surface area (Å²) < 4.78 is 11.6. The molecule has 1 aromatic carbocycles. The zero-order chi connectivity index (χ0) is 21.8. The number of ether oxygens (including phenoxy) is 2. The van der Waals surface area contributed by atoms with E-state index in [-0.39, 0.29) is 6.10 Å². The van der Waals surface area contributed by atoms with Gasteiger partial charge in [-0.25, -0.2) is 15.0 Å². The van der Waals surface area contributed by atoms with Crippen molar-refractivity contribution in [2.24, 2.45) is 0 Å². The normalized spacial score (nSPS) is 16.8. The number of benzene rings is 1. The van der Waals surface area contributed by atoms with Crippen LogP contribution >= 0.6 is 0 Å². The number of nitrogens with zero attached hydrogens (tertiary/aromatic N) is 5. The van der Waals surface area contributed by atoms with Crippen LogP contribution in [0.4, 0.5) is 11.8 Å². The third-order valence-corrected chi connectivity index (χ3v) is 5.75. The Morgan fingerprint density at radius 3 is 2.74 bits per heavy atom. The van der Waals surface area contributed by atoms with Crippen LogP contribution in [0.25, 0.3) is 0 Å². The average molecular weight is 421 g/mol. The molecule has 162 valence electrons. The number of aryl methyl sites for hydroxylation is 1. The first-order valence-electron chi connectivity index (χ1n) is 10.4. The SMILES string of the molecule is COc1cc(C)c(CN2CCO[C@H](c3cncc(Nc4ncccn4)n3)C2)c(C)c1C. The van der Waals surface area contributed by atoms with Crippen molar-refractivity contribution in [3.05, 3.63) is 64.9 Å². The van der Waals surface area contributed by atoms with Crippen LogP contribution in [0.1, 0.15) is 34.1 Å². The standard InChI is InChI=1S/C23H28N6O2/c1-15-10-20(30-4)17(3)16(2)18(15)13-29-8-9-31-21(14-29)19-11-24-12-22(27-19)28-23-25-6-5-7-26-23/h5-7,10-12,21H,8-9,13-14H2,1-4H3,(H,25,26,27,28)/t21-/m0/s1. The van der Waals surface area contributed by atoms with E-state index in [9.17, 15) is 0 Å². The van der Waals surface area contributed by atoms with Gasteiger partial charge in [-0.2, -0.15) is 0 Å². The number of anilines is 2. The van der Waals surface area contributed by atoms with E-state index in [1.54, 1.807) is 38.0 Å². The molecule has 0 aliphatic carbocycles. The molecule has 0 radical (unpaired) electrons. The predicted octanol–water partition coefficient (Wildman–Crippen LogP) is 3.52. The monoisotopic (exact) mass is 420 g/mol. The summed E-state index contributed by atoms with van der Waals surface area (Å²) in [6.07, 6.45) is 6.64. The third kappa shape index (κ3) is 4.81. The largest absolute Gasteiger partial charge is 0.496 e. The molecular formula is C23H28N6O2. The van der Waals surface area contributed by atoms with Crippen LogP contribution in [0.15, 0.2) is 36.9 Å². The predicted molar refractivity (Wildman–Crippen MR) is 119 cm³/mol. The molecule has 8 nitrogen and oxygen atoms in total. The molecule has 1 N–H and O–H groups in total. The molecule has 3 aromatic rings. The lowest BCUT2D eigenvalue weighted by molar-refractivity contribution is -0.0352. The maximum Gasteiger partial charge on any atom is 0.228 e. The summed E-state index contributed by atoms with van der Waals surface area (Å²) in [7, 11) is 1.72. The van der Waals surface area contributed by atoms with Gasteiger partial charge < -0.3 is 14.8 Å². The molecule has 3 heterocycles. The van der Waals surface area contributed by atoms with Crippen molar-refractivity contribution in [1.29, 1.82) is 0 Å². The van der Waals surface area contributed by atoms with Crippen molar-refractivity contribution in [2.75, 3.05) is 32.1 Å². The van der Waals surface area contributed by atoms with Crippen molar-refractivity contribution in [3.63, 3.8) is 0 Å². The van der Waals surface area contributed by atoms with Gasteiger partial charge in [-0.1, -0.05) is 0 Å². The summed E-state index contributed by atoms with van der Waals surface area (Å²) >= 11 is 0. The Balaban J connectivity index is 1.48. The molecule has 0 saturated carbocycles. The maximum atomic E-state index is 6.03. The molecule has 1 atom stereocenters. The van der Waals surface area contributed by atoms with Crippen molar-refractivity contribution < 1.29 is 9.47 Å². The summed E-state index contributed by atoms with van der Waals surface area (Å²) in [4.78, 5) is 19.8. The van der Waals surface area contributed by atoms with Gasteiger partial charge >= 0.3 is 0 Å². The first kappa shape index (κ1) is 21.1. The van der Waals surface area contributed by atoms with Crippen molar-refractivity contribution in [3.8, 4) is 5.75 Å². The third-order valence-electron chi connectivity index (χ3n) is 5.75. The van der Waals surface area contributed by atoms with Crippen LogP contribution in [-0.4, -0.2) is 51.6 Å². The van der Waals surface area contributed by atoms with Crippen LogP contribution in [0.2, 0.25) is 0 Å². The lowest BCUT2D eigenvalue weighted by Gasteiger charge is -2.33. The van der Waals surface area contributed by atoms with E-state index >= 15 is 0 Å². The fourth-order valence-corrected chi connectivity index (χ4v) is 3.88. The lowest BCUT2D eigenvalue weighted by Crippen LogP contribution is -2.38. The number of nitrogens with one attached hydrogen (secondary N) is 1. The highest BCUT2D eigenvalue weighted by Crippen LogP contribution is 2.30. The fraction of sp³-hybridized carbons (Fsp3) is 0.391. The van der Waals surface area contributed by atoms with Crippen LogP contribution in [0.5, 0.6) is 5.75 Å². The van der Waals surface area contributed by atoms with Gasteiger partial charge in [-0.15, -0.1) is 0 Å². The first-order chi connectivity index (χ1) is 15.0. The summed E-state index contributed by atoms with van der Waals surface area (Å²) in [5.41, 5.74) is 5.87. The average Bonchev–Trinajstić information content (AvgIpc) is 2.80. The summed E-state index contributed by atoms with van der Waals surface area (Å²) in [6.45, 7) is 9.58. The Hall–Kier alpha value is -3.10. The maximum absolute atomic E-state index is 6.03. The second-order valence-corrected chi connectivity index (χ2v) is 7.75. The van der Waals surface area contributed by atoms with Crippen LogP contribution in [0.3, 0.4) is 0 Å². The van der Waals surface area contributed by atoms with E-state index in [1.165, 1.54) is 22.3 Å².